The van der Waals surface area contributed by atoms with E-state index in [-0.39, 0.29) is 12.1 Å². The molecule has 1 fully saturated rings. The fraction of sp³-hybridized carbons (Fsp3) is 1.00. The van der Waals surface area contributed by atoms with E-state index in [1.807, 2.05) is 0 Å². The zero-order valence-corrected chi connectivity index (χ0v) is 6.47. The minimum Gasteiger partial charge on any atom is -0.394 e. The van der Waals surface area contributed by atoms with Crippen molar-refractivity contribution in [1.82, 2.24) is 0 Å². The molecule has 0 aromatic rings. The Morgan fingerprint density at radius 2 is 1.60 bits per heavy atom. The fourth-order valence-corrected chi connectivity index (χ4v) is 1.59. The van der Waals surface area contributed by atoms with E-state index in [2.05, 4.69) is 0 Å². The van der Waals surface area contributed by atoms with Crippen molar-refractivity contribution in [3.63, 3.8) is 0 Å². The number of aliphatic hydroxyl groups is 1. The summed E-state index contributed by atoms with van der Waals surface area (Å²) in [6, 6.07) is 0. The molecule has 2 heteroatoms. The second-order valence-electron chi connectivity index (χ2n) is 3.43. The van der Waals surface area contributed by atoms with Crippen molar-refractivity contribution in [2.75, 3.05) is 6.61 Å². The van der Waals surface area contributed by atoms with Crippen LogP contribution in [0.15, 0.2) is 0 Å². The molecule has 0 aliphatic heterocycles. The van der Waals surface area contributed by atoms with Gasteiger partial charge in [-0.3, -0.25) is 0 Å². The summed E-state index contributed by atoms with van der Waals surface area (Å²) in [5, 5.41) is 8.95. The summed E-state index contributed by atoms with van der Waals surface area (Å²) in [4.78, 5) is 0. The summed E-state index contributed by atoms with van der Waals surface area (Å²) in [6.07, 6.45) is 6.97. The van der Waals surface area contributed by atoms with Crippen molar-refractivity contribution in [3.05, 3.63) is 0 Å². The number of hydrogen-bond donors (Lipinski definition) is 2. The molecule has 2 nitrogen and oxygen atoms in total. The maximum absolute atomic E-state index is 8.95. The average Bonchev–Trinajstić information content (AvgIpc) is 2.15. The van der Waals surface area contributed by atoms with Crippen LogP contribution in [0.5, 0.6) is 0 Å². The highest BCUT2D eigenvalue weighted by molar-refractivity contribution is 4.84. The van der Waals surface area contributed by atoms with Gasteiger partial charge in [0.25, 0.3) is 0 Å². The van der Waals surface area contributed by atoms with Gasteiger partial charge in [-0.05, 0) is 12.8 Å². The first-order valence-corrected chi connectivity index (χ1v) is 4.17. The maximum Gasteiger partial charge on any atom is 0.0611 e. The molecule has 0 aromatic carbocycles. The Kier molecular flexibility index (Phi) is 2.69. The SMILES string of the molecule is NC1(CO)CCCCCC1. The molecule has 1 aliphatic rings. The Morgan fingerprint density at radius 3 is 2.00 bits per heavy atom. The van der Waals surface area contributed by atoms with Gasteiger partial charge in [-0.25, -0.2) is 0 Å². The van der Waals surface area contributed by atoms with E-state index < -0.39 is 0 Å². The molecule has 0 saturated heterocycles. The summed E-state index contributed by atoms with van der Waals surface area (Å²) >= 11 is 0. The monoisotopic (exact) mass is 143 g/mol. The van der Waals surface area contributed by atoms with Crippen molar-refractivity contribution in [1.29, 1.82) is 0 Å². The zero-order chi connectivity index (χ0) is 7.45. The second-order valence-corrected chi connectivity index (χ2v) is 3.43. The van der Waals surface area contributed by atoms with Crippen molar-refractivity contribution >= 4 is 0 Å². The van der Waals surface area contributed by atoms with Crippen molar-refractivity contribution in [3.8, 4) is 0 Å². The predicted molar refractivity (Wildman–Crippen MR) is 41.7 cm³/mol. The molecule has 0 heterocycles. The Bertz CT molecular complexity index is 95.4. The molecule has 0 atom stereocenters. The molecule has 1 rings (SSSR count). The molecule has 0 spiro atoms. The number of rotatable bonds is 1. The molecule has 0 amide bonds. The van der Waals surface area contributed by atoms with Crippen LogP contribution in [-0.4, -0.2) is 17.3 Å². The summed E-state index contributed by atoms with van der Waals surface area (Å²) in [5.74, 6) is 0. The van der Waals surface area contributed by atoms with E-state index >= 15 is 0 Å². The average molecular weight is 143 g/mol. The minimum atomic E-state index is -0.240. The number of hydrogen-bond acceptors (Lipinski definition) is 2. The molecule has 60 valence electrons. The van der Waals surface area contributed by atoms with Crippen molar-refractivity contribution in [2.24, 2.45) is 5.73 Å². The van der Waals surface area contributed by atoms with E-state index in [1.54, 1.807) is 0 Å². The van der Waals surface area contributed by atoms with Crippen LogP contribution in [0, 0.1) is 0 Å². The van der Waals surface area contributed by atoms with Crippen LogP contribution in [0.4, 0.5) is 0 Å². The fourth-order valence-electron chi connectivity index (χ4n) is 1.59. The third-order valence-electron chi connectivity index (χ3n) is 2.41. The first-order valence-electron chi connectivity index (χ1n) is 4.17. The molecule has 1 saturated carbocycles. The van der Waals surface area contributed by atoms with E-state index in [1.165, 1.54) is 25.7 Å². The van der Waals surface area contributed by atoms with E-state index in [4.69, 9.17) is 10.8 Å². The Balaban J connectivity index is 2.41. The first kappa shape index (κ1) is 8.02. The standard InChI is InChI=1S/C8H17NO/c9-8(7-10)5-3-1-2-4-6-8/h10H,1-7,9H2. The lowest BCUT2D eigenvalue weighted by atomic mass is 9.93. The van der Waals surface area contributed by atoms with Gasteiger partial charge in [0.2, 0.25) is 0 Å². The number of aliphatic hydroxyl groups excluding tert-OH is 1. The van der Waals surface area contributed by atoms with Gasteiger partial charge in [-0.2, -0.15) is 0 Å². The summed E-state index contributed by atoms with van der Waals surface area (Å²) in [6.45, 7) is 0.160. The topological polar surface area (TPSA) is 46.2 Å². The molecule has 0 radical (unpaired) electrons. The Morgan fingerprint density at radius 1 is 1.10 bits per heavy atom. The van der Waals surface area contributed by atoms with E-state index in [9.17, 15) is 0 Å². The summed E-state index contributed by atoms with van der Waals surface area (Å²) in [7, 11) is 0. The lowest BCUT2D eigenvalue weighted by Gasteiger charge is -2.24. The van der Waals surface area contributed by atoms with E-state index in [0.29, 0.717) is 0 Å². The minimum absolute atomic E-state index is 0.160. The largest absolute Gasteiger partial charge is 0.394 e. The lowest BCUT2D eigenvalue weighted by Crippen LogP contribution is -2.42. The van der Waals surface area contributed by atoms with Gasteiger partial charge in [0.1, 0.15) is 0 Å². The molecule has 0 bridgehead atoms. The van der Waals surface area contributed by atoms with Gasteiger partial charge < -0.3 is 10.8 Å². The molecule has 3 N–H and O–H groups in total. The molecule has 0 unspecified atom stereocenters. The summed E-state index contributed by atoms with van der Waals surface area (Å²) < 4.78 is 0. The molecule has 10 heavy (non-hydrogen) atoms. The smallest absolute Gasteiger partial charge is 0.0611 e. The Hall–Kier alpha value is -0.0800. The van der Waals surface area contributed by atoms with Crippen LogP contribution in [0.25, 0.3) is 0 Å². The van der Waals surface area contributed by atoms with Crippen LogP contribution in [0.2, 0.25) is 0 Å². The highest BCUT2D eigenvalue weighted by atomic mass is 16.3. The molecule has 1 aliphatic carbocycles. The first-order chi connectivity index (χ1) is 4.77. The van der Waals surface area contributed by atoms with Gasteiger partial charge >= 0.3 is 0 Å². The second kappa shape index (κ2) is 3.35. The van der Waals surface area contributed by atoms with E-state index in [0.717, 1.165) is 12.8 Å². The van der Waals surface area contributed by atoms with Gasteiger partial charge in [-0.15, -0.1) is 0 Å². The van der Waals surface area contributed by atoms with Crippen LogP contribution >= 0.6 is 0 Å². The molecular formula is C8H17NO. The molecular weight excluding hydrogens is 126 g/mol. The maximum atomic E-state index is 8.95. The highest BCUT2D eigenvalue weighted by Crippen LogP contribution is 2.23. The Labute approximate surface area is 62.4 Å². The third kappa shape index (κ3) is 1.96. The quantitative estimate of drug-likeness (QED) is 0.538. The molecule has 0 aromatic heterocycles. The highest BCUT2D eigenvalue weighted by Gasteiger charge is 2.24. The lowest BCUT2D eigenvalue weighted by molar-refractivity contribution is 0.180. The number of nitrogens with two attached hydrogens (primary N) is 1. The van der Waals surface area contributed by atoms with Crippen molar-refractivity contribution < 1.29 is 5.11 Å². The van der Waals surface area contributed by atoms with Crippen LogP contribution < -0.4 is 5.73 Å². The summed E-state index contributed by atoms with van der Waals surface area (Å²) in [5.41, 5.74) is 5.67. The van der Waals surface area contributed by atoms with Gasteiger partial charge in [-0.1, -0.05) is 25.7 Å². The van der Waals surface area contributed by atoms with Gasteiger partial charge in [0.05, 0.1) is 6.61 Å². The third-order valence-corrected chi connectivity index (χ3v) is 2.41. The van der Waals surface area contributed by atoms with Gasteiger partial charge in [0, 0.05) is 5.54 Å². The van der Waals surface area contributed by atoms with Crippen LogP contribution in [0.3, 0.4) is 0 Å². The zero-order valence-electron chi connectivity index (χ0n) is 6.47. The van der Waals surface area contributed by atoms with Crippen LogP contribution in [0.1, 0.15) is 38.5 Å². The van der Waals surface area contributed by atoms with Gasteiger partial charge in [0.15, 0.2) is 0 Å². The van der Waals surface area contributed by atoms with Crippen LogP contribution in [-0.2, 0) is 0 Å². The predicted octanol–water partition coefficient (Wildman–Crippen LogP) is 1.03. The van der Waals surface area contributed by atoms with Crippen molar-refractivity contribution in [2.45, 2.75) is 44.1 Å². The normalized spacial score (nSPS) is 25.8.